The highest BCUT2D eigenvalue weighted by Crippen LogP contribution is 2.47. The summed E-state index contributed by atoms with van der Waals surface area (Å²) >= 11 is 0. The zero-order chi connectivity index (χ0) is 22.5. The number of hydrogen-bond donors (Lipinski definition) is 1. The van der Waals surface area contributed by atoms with Gasteiger partial charge in [-0.1, -0.05) is 55.0 Å². The molecule has 2 heterocycles. The van der Waals surface area contributed by atoms with E-state index in [9.17, 15) is 5.11 Å². The average Bonchev–Trinajstić information content (AvgIpc) is 2.87. The highest BCUT2D eigenvalue weighted by Gasteiger charge is 2.33. The van der Waals surface area contributed by atoms with Crippen molar-refractivity contribution in [2.24, 2.45) is 0 Å². The molecule has 2 atom stereocenters. The van der Waals surface area contributed by atoms with Crippen molar-refractivity contribution in [2.45, 2.75) is 37.5 Å². The van der Waals surface area contributed by atoms with Gasteiger partial charge in [-0.2, -0.15) is 0 Å². The number of nitrogens with zero attached hydrogens (tertiary/aromatic N) is 1. The quantitative estimate of drug-likeness (QED) is 0.458. The van der Waals surface area contributed by atoms with Crippen LogP contribution in [0.1, 0.15) is 54.2 Å². The minimum absolute atomic E-state index is 0.157. The number of aromatic hydroxyl groups is 1. The standard InChI is InChI=1S/C29H33NO3/c31-24-12-15-26-28(20-24)33-21-27(22-8-3-1-4-9-22)29(26)23-10-13-25(14-11-23)32-19-7-18-30-16-5-2-6-17-30/h1,3-4,8-15,20,27,29,31H,2,5-7,16-19,21H2/t27-,29-/m1/s1. The van der Waals surface area contributed by atoms with Gasteiger partial charge in [0.05, 0.1) is 13.2 Å². The topological polar surface area (TPSA) is 41.9 Å². The number of hydrogen-bond acceptors (Lipinski definition) is 4. The number of ether oxygens (including phenoxy) is 2. The molecule has 0 amide bonds. The number of benzene rings is 3. The predicted molar refractivity (Wildman–Crippen MR) is 131 cm³/mol. The highest BCUT2D eigenvalue weighted by molar-refractivity contribution is 5.50. The number of rotatable bonds is 7. The summed E-state index contributed by atoms with van der Waals surface area (Å²) in [5.41, 5.74) is 3.61. The summed E-state index contributed by atoms with van der Waals surface area (Å²) in [6, 6.07) is 24.6. The Morgan fingerprint density at radius 1 is 0.879 bits per heavy atom. The molecule has 0 spiro atoms. The maximum atomic E-state index is 9.95. The number of fused-ring (bicyclic) bond motifs is 1. The van der Waals surface area contributed by atoms with Crippen LogP contribution in [0.5, 0.6) is 17.2 Å². The second-order valence-electron chi connectivity index (χ2n) is 9.20. The van der Waals surface area contributed by atoms with Gasteiger partial charge in [0.2, 0.25) is 0 Å². The van der Waals surface area contributed by atoms with Crippen LogP contribution >= 0.6 is 0 Å². The van der Waals surface area contributed by atoms with Gasteiger partial charge in [0.25, 0.3) is 0 Å². The first kappa shape index (κ1) is 21.8. The maximum Gasteiger partial charge on any atom is 0.126 e. The number of likely N-dealkylation sites (tertiary alicyclic amines) is 1. The number of piperidine rings is 1. The summed E-state index contributed by atoms with van der Waals surface area (Å²) in [6.45, 7) is 4.94. The first-order chi connectivity index (χ1) is 16.3. The van der Waals surface area contributed by atoms with Crippen molar-refractivity contribution < 1.29 is 14.6 Å². The lowest BCUT2D eigenvalue weighted by molar-refractivity contribution is 0.205. The fraction of sp³-hybridized carbons (Fsp3) is 0.379. The first-order valence-corrected chi connectivity index (χ1v) is 12.2. The molecule has 0 bridgehead atoms. The molecule has 0 aliphatic carbocycles. The fourth-order valence-electron chi connectivity index (χ4n) is 5.23. The molecule has 1 N–H and O–H groups in total. The number of phenols is 1. The van der Waals surface area contributed by atoms with E-state index in [1.54, 1.807) is 12.1 Å². The zero-order valence-corrected chi connectivity index (χ0v) is 19.2. The molecule has 33 heavy (non-hydrogen) atoms. The van der Waals surface area contributed by atoms with Crippen molar-refractivity contribution in [2.75, 3.05) is 32.8 Å². The average molecular weight is 444 g/mol. The van der Waals surface area contributed by atoms with Crippen LogP contribution in [0, 0.1) is 0 Å². The van der Waals surface area contributed by atoms with Crippen LogP contribution in [0.25, 0.3) is 0 Å². The lowest BCUT2D eigenvalue weighted by Gasteiger charge is -2.34. The predicted octanol–water partition coefficient (Wildman–Crippen LogP) is 5.96. The van der Waals surface area contributed by atoms with Crippen LogP contribution in [0.4, 0.5) is 0 Å². The molecular weight excluding hydrogens is 410 g/mol. The van der Waals surface area contributed by atoms with E-state index in [1.165, 1.54) is 43.5 Å². The Morgan fingerprint density at radius 2 is 1.67 bits per heavy atom. The monoisotopic (exact) mass is 443 g/mol. The summed E-state index contributed by atoms with van der Waals surface area (Å²) in [5, 5.41) is 9.95. The van der Waals surface area contributed by atoms with Crippen molar-refractivity contribution in [3.05, 3.63) is 89.5 Å². The van der Waals surface area contributed by atoms with Crippen molar-refractivity contribution in [1.29, 1.82) is 0 Å². The van der Waals surface area contributed by atoms with Gasteiger partial charge in [-0.25, -0.2) is 0 Å². The molecule has 172 valence electrons. The maximum absolute atomic E-state index is 9.95. The van der Waals surface area contributed by atoms with E-state index >= 15 is 0 Å². The van der Waals surface area contributed by atoms with Crippen LogP contribution < -0.4 is 9.47 Å². The van der Waals surface area contributed by atoms with E-state index in [-0.39, 0.29) is 17.6 Å². The molecule has 3 aromatic carbocycles. The molecule has 1 fully saturated rings. The van der Waals surface area contributed by atoms with Gasteiger partial charge < -0.3 is 19.5 Å². The summed E-state index contributed by atoms with van der Waals surface area (Å²) < 4.78 is 12.1. The SMILES string of the molecule is Oc1ccc2c(c1)OC[C@H](c1ccccc1)[C@@H]2c1ccc(OCCCN2CCCCC2)cc1. The van der Waals surface area contributed by atoms with Crippen molar-refractivity contribution in [3.63, 3.8) is 0 Å². The second kappa shape index (κ2) is 10.3. The van der Waals surface area contributed by atoms with Gasteiger partial charge in [-0.3, -0.25) is 0 Å². The zero-order valence-electron chi connectivity index (χ0n) is 19.2. The summed E-state index contributed by atoms with van der Waals surface area (Å²) in [5.74, 6) is 2.29. The van der Waals surface area contributed by atoms with E-state index in [4.69, 9.17) is 9.47 Å². The minimum atomic E-state index is 0.157. The third kappa shape index (κ3) is 5.17. The minimum Gasteiger partial charge on any atom is -0.508 e. The van der Waals surface area contributed by atoms with Crippen LogP contribution in [0.3, 0.4) is 0 Å². The molecule has 4 nitrogen and oxygen atoms in total. The molecule has 0 saturated carbocycles. The molecule has 0 radical (unpaired) electrons. The van der Waals surface area contributed by atoms with Crippen molar-refractivity contribution in [3.8, 4) is 17.2 Å². The third-order valence-corrected chi connectivity index (χ3v) is 6.96. The van der Waals surface area contributed by atoms with Gasteiger partial charge in [-0.15, -0.1) is 0 Å². The second-order valence-corrected chi connectivity index (χ2v) is 9.20. The first-order valence-electron chi connectivity index (χ1n) is 12.2. The van der Waals surface area contributed by atoms with Crippen molar-refractivity contribution >= 4 is 0 Å². The Bertz CT molecular complexity index is 1030. The Labute approximate surface area is 196 Å². The lowest BCUT2D eigenvalue weighted by atomic mass is 9.76. The molecule has 1 saturated heterocycles. The molecule has 5 rings (SSSR count). The van der Waals surface area contributed by atoms with Gasteiger partial charge in [0, 0.05) is 30.0 Å². The summed E-state index contributed by atoms with van der Waals surface area (Å²) in [4.78, 5) is 2.56. The third-order valence-electron chi connectivity index (χ3n) is 6.96. The van der Waals surface area contributed by atoms with Gasteiger partial charge in [0.1, 0.15) is 17.2 Å². The molecule has 0 aromatic heterocycles. The van der Waals surface area contributed by atoms with Gasteiger partial charge in [0.15, 0.2) is 0 Å². The molecule has 4 heteroatoms. The molecule has 2 aliphatic heterocycles. The van der Waals surface area contributed by atoms with Crippen molar-refractivity contribution in [1.82, 2.24) is 4.90 Å². The molecule has 2 aliphatic rings. The molecular formula is C29H33NO3. The van der Waals surface area contributed by atoms with E-state index in [0.29, 0.717) is 6.61 Å². The van der Waals surface area contributed by atoms with Gasteiger partial charge >= 0.3 is 0 Å². The molecule has 3 aromatic rings. The summed E-state index contributed by atoms with van der Waals surface area (Å²) in [6.07, 6.45) is 5.11. The Morgan fingerprint density at radius 3 is 2.45 bits per heavy atom. The van der Waals surface area contributed by atoms with Crippen LogP contribution in [0.15, 0.2) is 72.8 Å². The Kier molecular flexibility index (Phi) is 6.82. The Balaban J connectivity index is 1.30. The smallest absolute Gasteiger partial charge is 0.126 e. The van der Waals surface area contributed by atoms with E-state index < -0.39 is 0 Å². The fourth-order valence-corrected chi connectivity index (χ4v) is 5.23. The van der Waals surface area contributed by atoms with Crippen LogP contribution in [-0.2, 0) is 0 Å². The van der Waals surface area contributed by atoms with E-state index in [0.717, 1.165) is 36.6 Å². The molecule has 0 unspecified atom stereocenters. The lowest BCUT2D eigenvalue weighted by Crippen LogP contribution is -2.31. The normalized spacial score (nSPS) is 20.6. The van der Waals surface area contributed by atoms with Crippen LogP contribution in [0.2, 0.25) is 0 Å². The van der Waals surface area contributed by atoms with Crippen LogP contribution in [-0.4, -0.2) is 42.9 Å². The van der Waals surface area contributed by atoms with E-state index in [2.05, 4.69) is 53.4 Å². The Hall–Kier alpha value is -2.98. The largest absolute Gasteiger partial charge is 0.508 e. The highest BCUT2D eigenvalue weighted by atomic mass is 16.5. The van der Waals surface area contributed by atoms with E-state index in [1.807, 2.05) is 12.1 Å². The number of phenolic OH excluding ortho intramolecular Hbond substituents is 1. The summed E-state index contributed by atoms with van der Waals surface area (Å²) in [7, 11) is 0. The van der Waals surface area contributed by atoms with Gasteiger partial charge in [-0.05, 0) is 61.7 Å².